The summed E-state index contributed by atoms with van der Waals surface area (Å²) in [5, 5.41) is 2.91. The van der Waals surface area contributed by atoms with Crippen molar-refractivity contribution in [2.24, 2.45) is 5.92 Å². The van der Waals surface area contributed by atoms with Crippen molar-refractivity contribution in [2.75, 3.05) is 24.4 Å². The number of benzene rings is 1. The second kappa shape index (κ2) is 9.73. The molecule has 0 spiro atoms. The maximum Gasteiger partial charge on any atom is 0.355 e. The van der Waals surface area contributed by atoms with Gasteiger partial charge in [0.15, 0.2) is 0 Å². The molecule has 1 amide bonds. The molecule has 1 aromatic rings. The number of ether oxygens (including phenoxy) is 2. The molecule has 0 radical (unpaired) electrons. The summed E-state index contributed by atoms with van der Waals surface area (Å²) in [4.78, 5) is 38.6. The molecule has 0 saturated carbocycles. The maximum atomic E-state index is 12.6. The standard InChI is InChI=1S/C22H26N2O5/c1-14(2)13-19(25)23-17-10-8-11-18(15(17)3)24-12-7-6-9-16(21(26)28-4)20(24)22(27)29-5/h6-12,14H,13H2,1-5H3,(H,23,25). The predicted molar refractivity (Wildman–Crippen MR) is 111 cm³/mol. The van der Waals surface area contributed by atoms with E-state index >= 15 is 0 Å². The molecule has 2 rings (SSSR count). The molecule has 0 saturated heterocycles. The molecule has 1 aliphatic heterocycles. The Kier molecular flexibility index (Phi) is 7.36. The number of nitrogens with one attached hydrogen (secondary N) is 1. The van der Waals surface area contributed by atoms with Crippen molar-refractivity contribution in [2.45, 2.75) is 27.2 Å². The molecule has 1 aromatic carbocycles. The fourth-order valence-electron chi connectivity index (χ4n) is 2.94. The number of amides is 1. The zero-order chi connectivity index (χ0) is 21.6. The van der Waals surface area contributed by atoms with Crippen molar-refractivity contribution in [3.05, 3.63) is 59.5 Å². The first-order chi connectivity index (χ1) is 13.8. The zero-order valence-electron chi connectivity index (χ0n) is 17.3. The molecule has 0 aliphatic carbocycles. The van der Waals surface area contributed by atoms with Gasteiger partial charge in [0.2, 0.25) is 5.91 Å². The Morgan fingerprint density at radius 2 is 1.76 bits per heavy atom. The number of hydrogen-bond donors (Lipinski definition) is 1. The van der Waals surface area contributed by atoms with Crippen LogP contribution in [0.15, 0.2) is 53.9 Å². The highest BCUT2D eigenvalue weighted by molar-refractivity contribution is 6.05. The summed E-state index contributed by atoms with van der Waals surface area (Å²) in [6.07, 6.45) is 6.89. The average molecular weight is 398 g/mol. The number of anilines is 2. The van der Waals surface area contributed by atoms with Gasteiger partial charge in [-0.05, 0) is 42.7 Å². The van der Waals surface area contributed by atoms with Gasteiger partial charge in [0, 0.05) is 18.3 Å². The van der Waals surface area contributed by atoms with Crippen LogP contribution in [-0.4, -0.2) is 32.1 Å². The highest BCUT2D eigenvalue weighted by atomic mass is 16.5. The lowest BCUT2D eigenvalue weighted by Gasteiger charge is -2.25. The van der Waals surface area contributed by atoms with E-state index in [9.17, 15) is 14.4 Å². The van der Waals surface area contributed by atoms with E-state index in [1.54, 1.807) is 41.5 Å². The van der Waals surface area contributed by atoms with E-state index in [4.69, 9.17) is 9.47 Å². The summed E-state index contributed by atoms with van der Waals surface area (Å²) < 4.78 is 9.75. The van der Waals surface area contributed by atoms with Crippen molar-refractivity contribution < 1.29 is 23.9 Å². The van der Waals surface area contributed by atoms with E-state index in [0.717, 1.165) is 5.56 Å². The average Bonchev–Trinajstić information content (AvgIpc) is 2.90. The van der Waals surface area contributed by atoms with Gasteiger partial charge in [0.25, 0.3) is 0 Å². The smallest absolute Gasteiger partial charge is 0.355 e. The normalized spacial score (nSPS) is 13.4. The molecule has 0 fully saturated rings. The summed E-state index contributed by atoms with van der Waals surface area (Å²) >= 11 is 0. The molecule has 29 heavy (non-hydrogen) atoms. The summed E-state index contributed by atoms with van der Waals surface area (Å²) in [6.45, 7) is 5.78. The summed E-state index contributed by atoms with van der Waals surface area (Å²) in [5.41, 5.74) is 2.08. The Bertz CT molecular complexity index is 896. The minimum atomic E-state index is -0.685. The SMILES string of the molecule is COC(=O)C1=C(C(=O)OC)N(c2cccc(NC(=O)CC(C)C)c2C)C=CC=C1. The second-order valence-corrected chi connectivity index (χ2v) is 6.91. The number of carbonyl (C=O) groups excluding carboxylic acids is 3. The first-order valence-electron chi connectivity index (χ1n) is 9.24. The molecule has 0 aromatic heterocycles. The summed E-state index contributed by atoms with van der Waals surface area (Å²) in [5.74, 6) is -1.20. The van der Waals surface area contributed by atoms with Crippen molar-refractivity contribution in [3.63, 3.8) is 0 Å². The van der Waals surface area contributed by atoms with E-state index in [2.05, 4.69) is 5.32 Å². The third kappa shape index (κ3) is 5.13. The number of carbonyl (C=O) groups is 3. The van der Waals surface area contributed by atoms with Gasteiger partial charge in [-0.3, -0.25) is 4.79 Å². The van der Waals surface area contributed by atoms with E-state index in [1.165, 1.54) is 20.3 Å². The van der Waals surface area contributed by atoms with Gasteiger partial charge in [-0.2, -0.15) is 0 Å². The molecule has 0 atom stereocenters. The molecular weight excluding hydrogens is 372 g/mol. The van der Waals surface area contributed by atoms with Crippen LogP contribution >= 0.6 is 0 Å². The van der Waals surface area contributed by atoms with E-state index < -0.39 is 11.9 Å². The van der Waals surface area contributed by atoms with Crippen molar-refractivity contribution in [1.29, 1.82) is 0 Å². The number of hydrogen-bond acceptors (Lipinski definition) is 6. The Balaban J connectivity index is 2.56. The summed E-state index contributed by atoms with van der Waals surface area (Å²) in [6, 6.07) is 5.35. The lowest BCUT2D eigenvalue weighted by atomic mass is 10.1. The predicted octanol–water partition coefficient (Wildman–Crippen LogP) is 3.47. The topological polar surface area (TPSA) is 84.9 Å². The van der Waals surface area contributed by atoms with Crippen LogP contribution in [0.5, 0.6) is 0 Å². The number of methoxy groups -OCH3 is 2. The first kappa shape index (κ1) is 21.9. The Morgan fingerprint density at radius 3 is 2.38 bits per heavy atom. The third-order valence-electron chi connectivity index (χ3n) is 4.32. The molecule has 0 unspecified atom stereocenters. The Hall–Kier alpha value is -3.35. The lowest BCUT2D eigenvalue weighted by Crippen LogP contribution is -2.27. The number of allylic oxidation sites excluding steroid dienone is 2. The fraction of sp³-hybridized carbons (Fsp3) is 0.318. The van der Waals surface area contributed by atoms with Gasteiger partial charge in [0.1, 0.15) is 5.70 Å². The van der Waals surface area contributed by atoms with Crippen LogP contribution in [0, 0.1) is 12.8 Å². The zero-order valence-corrected chi connectivity index (χ0v) is 17.3. The first-order valence-corrected chi connectivity index (χ1v) is 9.24. The van der Waals surface area contributed by atoms with Gasteiger partial charge >= 0.3 is 11.9 Å². The minimum absolute atomic E-state index is 0.0260. The van der Waals surface area contributed by atoms with Crippen LogP contribution in [0.25, 0.3) is 0 Å². The van der Waals surface area contributed by atoms with Crippen molar-refractivity contribution in [3.8, 4) is 0 Å². The summed E-state index contributed by atoms with van der Waals surface area (Å²) in [7, 11) is 2.49. The van der Waals surface area contributed by atoms with Gasteiger partial charge in [-0.15, -0.1) is 0 Å². The maximum absolute atomic E-state index is 12.6. The quantitative estimate of drug-likeness (QED) is 0.739. The van der Waals surface area contributed by atoms with E-state index in [0.29, 0.717) is 17.8 Å². The molecular formula is C22H26N2O5. The number of esters is 2. The molecule has 7 nitrogen and oxygen atoms in total. The fourth-order valence-corrected chi connectivity index (χ4v) is 2.94. The van der Waals surface area contributed by atoms with Crippen LogP contribution in [0.1, 0.15) is 25.8 Å². The van der Waals surface area contributed by atoms with Crippen molar-refractivity contribution in [1.82, 2.24) is 0 Å². The van der Waals surface area contributed by atoms with Crippen LogP contribution < -0.4 is 10.2 Å². The monoisotopic (exact) mass is 398 g/mol. The van der Waals surface area contributed by atoms with E-state index in [-0.39, 0.29) is 23.1 Å². The van der Waals surface area contributed by atoms with Gasteiger partial charge in [0.05, 0.1) is 25.5 Å². The van der Waals surface area contributed by atoms with Gasteiger partial charge in [-0.1, -0.05) is 26.0 Å². The van der Waals surface area contributed by atoms with E-state index in [1.807, 2.05) is 20.8 Å². The molecule has 0 bridgehead atoms. The van der Waals surface area contributed by atoms with Gasteiger partial charge < -0.3 is 19.7 Å². The molecule has 1 aliphatic rings. The Morgan fingerprint density at radius 1 is 1.07 bits per heavy atom. The highest BCUT2D eigenvalue weighted by Crippen LogP contribution is 2.32. The third-order valence-corrected chi connectivity index (χ3v) is 4.32. The van der Waals surface area contributed by atoms with Crippen LogP contribution in [0.3, 0.4) is 0 Å². The van der Waals surface area contributed by atoms with Crippen LogP contribution in [-0.2, 0) is 23.9 Å². The molecule has 154 valence electrons. The Labute approximate surface area is 170 Å². The van der Waals surface area contributed by atoms with Gasteiger partial charge in [-0.25, -0.2) is 9.59 Å². The highest BCUT2D eigenvalue weighted by Gasteiger charge is 2.28. The molecule has 1 heterocycles. The second-order valence-electron chi connectivity index (χ2n) is 6.91. The molecule has 7 heteroatoms. The molecule has 1 N–H and O–H groups in total. The largest absolute Gasteiger partial charge is 0.465 e. The van der Waals surface area contributed by atoms with Crippen LogP contribution in [0.2, 0.25) is 0 Å². The number of nitrogens with zero attached hydrogens (tertiary/aromatic N) is 1. The minimum Gasteiger partial charge on any atom is -0.465 e. The van der Waals surface area contributed by atoms with Crippen LogP contribution in [0.4, 0.5) is 11.4 Å². The number of rotatable bonds is 6. The lowest BCUT2D eigenvalue weighted by molar-refractivity contribution is -0.139. The van der Waals surface area contributed by atoms with Crippen molar-refractivity contribution >= 4 is 29.2 Å².